The molecule has 0 aliphatic rings. The fourth-order valence-electron chi connectivity index (χ4n) is 3.35. The van der Waals surface area contributed by atoms with Crippen molar-refractivity contribution in [2.75, 3.05) is 5.32 Å². The number of nitrogens with one attached hydrogen (secondary N) is 1. The molecule has 0 fully saturated rings. The van der Waals surface area contributed by atoms with Crippen molar-refractivity contribution in [3.05, 3.63) is 105 Å². The molecule has 30 heavy (non-hydrogen) atoms. The van der Waals surface area contributed by atoms with E-state index in [4.69, 9.17) is 27.9 Å². The maximum absolute atomic E-state index is 14.2. The van der Waals surface area contributed by atoms with Crippen LogP contribution in [0.1, 0.15) is 16.7 Å². The van der Waals surface area contributed by atoms with Gasteiger partial charge in [0.15, 0.2) is 0 Å². The monoisotopic (exact) mass is 439 g/mol. The molecule has 0 atom stereocenters. The first-order valence-electron chi connectivity index (χ1n) is 9.59. The lowest BCUT2D eigenvalue weighted by molar-refractivity contribution is 0.297. The van der Waals surface area contributed by atoms with Crippen molar-refractivity contribution in [2.45, 2.75) is 20.1 Å². The zero-order valence-electron chi connectivity index (χ0n) is 16.4. The summed E-state index contributed by atoms with van der Waals surface area (Å²) in [6.45, 7) is 2.55. The number of rotatable bonds is 6. The molecule has 0 aliphatic heterocycles. The summed E-state index contributed by atoms with van der Waals surface area (Å²) in [5, 5.41) is 6.66. The zero-order valence-corrected chi connectivity index (χ0v) is 17.9. The molecule has 0 radical (unpaired) electrons. The number of anilines is 1. The molecule has 5 heteroatoms. The lowest BCUT2D eigenvalue weighted by Crippen LogP contribution is -2.06. The topological polar surface area (TPSA) is 21.3 Å². The van der Waals surface area contributed by atoms with E-state index in [0.29, 0.717) is 27.9 Å². The Hall–Kier alpha value is -2.75. The summed E-state index contributed by atoms with van der Waals surface area (Å²) in [5.74, 6) is 0.302. The molecule has 0 aromatic heterocycles. The molecule has 1 N–H and O–H groups in total. The van der Waals surface area contributed by atoms with E-state index >= 15 is 0 Å². The average molecular weight is 440 g/mol. The van der Waals surface area contributed by atoms with Gasteiger partial charge >= 0.3 is 0 Å². The molecule has 2 nitrogen and oxygen atoms in total. The fourth-order valence-corrected chi connectivity index (χ4v) is 3.75. The van der Waals surface area contributed by atoms with E-state index in [9.17, 15) is 4.39 Å². The first-order chi connectivity index (χ1) is 14.5. The van der Waals surface area contributed by atoms with Gasteiger partial charge in [-0.05, 0) is 53.6 Å². The minimum atomic E-state index is -0.378. The van der Waals surface area contributed by atoms with Gasteiger partial charge in [-0.15, -0.1) is 0 Å². The number of hydrogen-bond acceptors (Lipinski definition) is 2. The molecular formula is C25H20Cl2FNO. The molecule has 4 aromatic rings. The predicted octanol–water partition coefficient (Wildman–Crippen LogP) is 7.79. The van der Waals surface area contributed by atoms with Crippen molar-refractivity contribution in [3.63, 3.8) is 0 Å². The van der Waals surface area contributed by atoms with Crippen LogP contribution in [-0.4, -0.2) is 0 Å². The molecule has 0 saturated heterocycles. The van der Waals surface area contributed by atoms with Gasteiger partial charge in [0.2, 0.25) is 0 Å². The molecule has 4 rings (SSSR count). The molecule has 0 bridgehead atoms. The smallest absolute Gasteiger partial charge is 0.131 e. The normalized spacial score (nSPS) is 10.9. The Morgan fingerprint density at radius 1 is 0.867 bits per heavy atom. The number of ether oxygens (including phenoxy) is 1. The summed E-state index contributed by atoms with van der Waals surface area (Å²) in [6.07, 6.45) is 0. The van der Waals surface area contributed by atoms with Crippen molar-refractivity contribution in [1.29, 1.82) is 0 Å². The molecule has 0 amide bonds. The van der Waals surface area contributed by atoms with E-state index in [-0.39, 0.29) is 12.4 Å². The SMILES string of the molecule is Cc1ccc(NCc2c(OCc3c(F)cccc3Cl)ccc3ccccc23)cc1Cl. The second-order valence-electron chi connectivity index (χ2n) is 7.07. The van der Waals surface area contributed by atoms with Gasteiger partial charge in [-0.2, -0.15) is 0 Å². The second-order valence-corrected chi connectivity index (χ2v) is 7.88. The van der Waals surface area contributed by atoms with Crippen LogP contribution in [0.3, 0.4) is 0 Å². The lowest BCUT2D eigenvalue weighted by Gasteiger charge is -2.16. The standard InChI is InChI=1S/C25H20Cl2FNO/c1-16-9-11-18(13-23(16)27)29-14-20-19-6-3-2-5-17(19)10-12-25(20)30-15-21-22(26)7-4-8-24(21)28/h2-13,29H,14-15H2,1H3. The predicted molar refractivity (Wildman–Crippen MR) is 123 cm³/mol. The maximum atomic E-state index is 14.2. The van der Waals surface area contributed by atoms with Crippen LogP contribution in [0.4, 0.5) is 10.1 Å². The Kier molecular flexibility index (Phi) is 6.12. The highest BCUT2D eigenvalue weighted by Crippen LogP contribution is 2.31. The average Bonchev–Trinajstić information content (AvgIpc) is 2.74. The van der Waals surface area contributed by atoms with E-state index in [2.05, 4.69) is 17.4 Å². The summed E-state index contributed by atoms with van der Waals surface area (Å²) in [4.78, 5) is 0. The van der Waals surface area contributed by atoms with Crippen LogP contribution in [0.5, 0.6) is 5.75 Å². The van der Waals surface area contributed by atoms with Crippen LogP contribution < -0.4 is 10.1 Å². The minimum Gasteiger partial charge on any atom is -0.488 e. The van der Waals surface area contributed by atoms with Gasteiger partial charge in [0.05, 0.1) is 5.02 Å². The Morgan fingerprint density at radius 2 is 1.70 bits per heavy atom. The van der Waals surface area contributed by atoms with Gasteiger partial charge in [0.25, 0.3) is 0 Å². The van der Waals surface area contributed by atoms with E-state index < -0.39 is 0 Å². The number of benzene rings is 4. The molecule has 152 valence electrons. The number of fused-ring (bicyclic) bond motifs is 1. The van der Waals surface area contributed by atoms with Crippen LogP contribution in [0.15, 0.2) is 72.8 Å². The Labute approximate surface area is 185 Å². The van der Waals surface area contributed by atoms with E-state index in [1.165, 1.54) is 6.07 Å². The van der Waals surface area contributed by atoms with Gasteiger partial charge in [0, 0.05) is 28.4 Å². The summed E-state index contributed by atoms with van der Waals surface area (Å²) in [6, 6.07) is 22.5. The first kappa shape index (κ1) is 20.5. The van der Waals surface area contributed by atoms with Crippen molar-refractivity contribution in [3.8, 4) is 5.75 Å². The number of aryl methyl sites for hydroxylation is 1. The van der Waals surface area contributed by atoms with Crippen LogP contribution in [0.25, 0.3) is 10.8 Å². The number of hydrogen-bond donors (Lipinski definition) is 1. The Bertz CT molecular complexity index is 1190. The van der Waals surface area contributed by atoms with Crippen molar-refractivity contribution in [1.82, 2.24) is 0 Å². The first-order valence-corrected chi connectivity index (χ1v) is 10.3. The summed E-state index contributed by atoms with van der Waals surface area (Å²) in [5.41, 5.74) is 3.27. The molecule has 0 unspecified atom stereocenters. The third-order valence-corrected chi connectivity index (χ3v) is 5.83. The summed E-state index contributed by atoms with van der Waals surface area (Å²) in [7, 11) is 0. The fraction of sp³-hybridized carbons (Fsp3) is 0.120. The highest BCUT2D eigenvalue weighted by molar-refractivity contribution is 6.31. The zero-order chi connectivity index (χ0) is 21.1. The highest BCUT2D eigenvalue weighted by atomic mass is 35.5. The largest absolute Gasteiger partial charge is 0.488 e. The summed E-state index contributed by atoms with van der Waals surface area (Å²) < 4.78 is 20.2. The van der Waals surface area contributed by atoms with E-state index in [0.717, 1.165) is 27.6 Å². The van der Waals surface area contributed by atoms with Crippen LogP contribution >= 0.6 is 23.2 Å². The minimum absolute atomic E-state index is 0.0488. The third kappa shape index (κ3) is 4.38. The van der Waals surface area contributed by atoms with Crippen molar-refractivity contribution < 1.29 is 9.13 Å². The van der Waals surface area contributed by atoms with Gasteiger partial charge in [-0.25, -0.2) is 4.39 Å². The second kappa shape index (κ2) is 8.95. The van der Waals surface area contributed by atoms with Gasteiger partial charge in [0.1, 0.15) is 18.2 Å². The molecular weight excluding hydrogens is 420 g/mol. The maximum Gasteiger partial charge on any atom is 0.131 e. The lowest BCUT2D eigenvalue weighted by atomic mass is 10.0. The highest BCUT2D eigenvalue weighted by Gasteiger charge is 2.12. The van der Waals surface area contributed by atoms with Crippen molar-refractivity contribution >= 4 is 39.7 Å². The quantitative estimate of drug-likeness (QED) is 0.331. The molecule has 0 aliphatic carbocycles. The van der Waals surface area contributed by atoms with Crippen molar-refractivity contribution in [2.24, 2.45) is 0 Å². The molecule has 0 saturated carbocycles. The third-order valence-electron chi connectivity index (χ3n) is 5.07. The molecule has 0 spiro atoms. The van der Waals surface area contributed by atoms with Crippen LogP contribution in [0.2, 0.25) is 10.0 Å². The number of halogens is 3. The molecule has 4 aromatic carbocycles. The van der Waals surface area contributed by atoms with E-state index in [1.807, 2.05) is 49.4 Å². The van der Waals surface area contributed by atoms with Crippen LogP contribution in [-0.2, 0) is 13.2 Å². The Balaban J connectivity index is 1.64. The van der Waals surface area contributed by atoms with Gasteiger partial charge in [-0.3, -0.25) is 0 Å². The van der Waals surface area contributed by atoms with Gasteiger partial charge < -0.3 is 10.1 Å². The van der Waals surface area contributed by atoms with E-state index in [1.54, 1.807) is 12.1 Å². The van der Waals surface area contributed by atoms with Crippen LogP contribution in [0, 0.1) is 12.7 Å². The van der Waals surface area contributed by atoms with Gasteiger partial charge in [-0.1, -0.05) is 65.7 Å². The molecule has 0 heterocycles. The Morgan fingerprint density at radius 3 is 2.50 bits per heavy atom. The summed E-state index contributed by atoms with van der Waals surface area (Å²) >= 11 is 12.4.